The molecule has 1 aromatic heterocycles. The molecule has 0 aliphatic carbocycles. The predicted molar refractivity (Wildman–Crippen MR) is 129 cm³/mol. The summed E-state index contributed by atoms with van der Waals surface area (Å²) in [5, 5.41) is 5.02. The van der Waals surface area contributed by atoms with Gasteiger partial charge >= 0.3 is 0 Å². The number of pyridine rings is 1. The molecule has 2 aliphatic heterocycles. The van der Waals surface area contributed by atoms with E-state index in [0.29, 0.717) is 45.6 Å². The van der Waals surface area contributed by atoms with Gasteiger partial charge in [0.2, 0.25) is 0 Å². The highest BCUT2D eigenvalue weighted by atomic mass is 35.5. The molecule has 2 fully saturated rings. The number of hydrogen-bond acceptors (Lipinski definition) is 3. The highest BCUT2D eigenvalue weighted by Gasteiger charge is 2.33. The van der Waals surface area contributed by atoms with Crippen LogP contribution in [0.15, 0.2) is 59.5 Å². The van der Waals surface area contributed by atoms with Crippen molar-refractivity contribution < 1.29 is 4.79 Å². The Morgan fingerprint density at radius 3 is 2.53 bits per heavy atom. The highest BCUT2D eigenvalue weighted by Crippen LogP contribution is 2.30. The van der Waals surface area contributed by atoms with Gasteiger partial charge in [0.05, 0.1) is 5.56 Å². The lowest BCUT2D eigenvalue weighted by molar-refractivity contribution is 0.0576. The molecule has 1 N–H and O–H groups in total. The van der Waals surface area contributed by atoms with Crippen LogP contribution < -0.4 is 10.9 Å². The number of aromatic nitrogens is 1. The third-order valence-electron chi connectivity index (χ3n) is 7.03. The molecule has 5 rings (SSSR count). The fourth-order valence-corrected chi connectivity index (χ4v) is 5.53. The number of hydrogen-bond donors (Lipinski definition) is 1. The van der Waals surface area contributed by atoms with E-state index < -0.39 is 0 Å². The van der Waals surface area contributed by atoms with E-state index in [9.17, 15) is 9.59 Å². The molecule has 1 amide bonds. The molecule has 166 valence electrons. The Kier molecular flexibility index (Phi) is 6.03. The molecule has 2 saturated heterocycles. The summed E-state index contributed by atoms with van der Waals surface area (Å²) in [5.41, 5.74) is 1.06. The molecule has 2 atom stereocenters. The average molecular weight is 450 g/mol. The number of carbonyl (C=O) groups excluding carboxylic acids is 1. The van der Waals surface area contributed by atoms with Crippen molar-refractivity contribution in [3.8, 4) is 5.69 Å². The van der Waals surface area contributed by atoms with Crippen molar-refractivity contribution in [2.45, 2.75) is 38.1 Å². The van der Waals surface area contributed by atoms with Gasteiger partial charge in [0, 0.05) is 40.3 Å². The van der Waals surface area contributed by atoms with Crippen LogP contribution in [0.25, 0.3) is 16.5 Å². The van der Waals surface area contributed by atoms with Crippen LogP contribution in [0.1, 0.15) is 42.5 Å². The first-order valence-corrected chi connectivity index (χ1v) is 11.9. The highest BCUT2D eigenvalue weighted by molar-refractivity contribution is 6.30. The zero-order chi connectivity index (χ0) is 22.1. The number of benzene rings is 2. The van der Waals surface area contributed by atoms with Gasteiger partial charge in [0.25, 0.3) is 11.5 Å². The van der Waals surface area contributed by atoms with Crippen LogP contribution in [0.2, 0.25) is 5.02 Å². The fraction of sp³-hybridized carbons (Fsp3) is 0.385. The second-order valence-corrected chi connectivity index (χ2v) is 9.39. The maximum Gasteiger partial charge on any atom is 0.262 e. The van der Waals surface area contributed by atoms with E-state index in [4.69, 9.17) is 11.6 Å². The van der Waals surface area contributed by atoms with Crippen LogP contribution >= 0.6 is 11.6 Å². The Morgan fingerprint density at radius 1 is 0.969 bits per heavy atom. The summed E-state index contributed by atoms with van der Waals surface area (Å²) in [6.45, 7) is 3.05. The van der Waals surface area contributed by atoms with Gasteiger partial charge in [-0.25, -0.2) is 0 Å². The van der Waals surface area contributed by atoms with Crippen LogP contribution in [0.4, 0.5) is 0 Å². The van der Waals surface area contributed by atoms with E-state index in [1.165, 1.54) is 43.3 Å². The first-order chi connectivity index (χ1) is 15.6. The number of nitrogens with one attached hydrogen (secondary N) is 1. The molecule has 2 aromatic carbocycles. The van der Waals surface area contributed by atoms with E-state index in [2.05, 4.69) is 10.2 Å². The van der Waals surface area contributed by atoms with Crippen molar-refractivity contribution in [1.29, 1.82) is 0 Å². The van der Waals surface area contributed by atoms with E-state index >= 15 is 0 Å². The van der Waals surface area contributed by atoms with Crippen molar-refractivity contribution in [3.63, 3.8) is 0 Å². The van der Waals surface area contributed by atoms with Crippen LogP contribution in [0.5, 0.6) is 0 Å². The maximum absolute atomic E-state index is 13.3. The van der Waals surface area contributed by atoms with Crippen molar-refractivity contribution in [2.24, 2.45) is 5.92 Å². The smallest absolute Gasteiger partial charge is 0.262 e. The molecule has 0 saturated carbocycles. The second-order valence-electron chi connectivity index (χ2n) is 8.95. The molecule has 0 spiro atoms. The van der Waals surface area contributed by atoms with E-state index in [0.717, 1.165) is 6.42 Å². The first-order valence-electron chi connectivity index (χ1n) is 11.5. The first kappa shape index (κ1) is 21.2. The summed E-state index contributed by atoms with van der Waals surface area (Å²) in [5.74, 6) is 0.360. The van der Waals surface area contributed by atoms with Crippen molar-refractivity contribution in [3.05, 3.63) is 75.7 Å². The Balaban J connectivity index is 1.45. The second kappa shape index (κ2) is 9.08. The molecule has 3 aromatic rings. The summed E-state index contributed by atoms with van der Waals surface area (Å²) in [4.78, 5) is 29.1. The van der Waals surface area contributed by atoms with Crippen molar-refractivity contribution in [2.75, 3.05) is 19.6 Å². The summed E-state index contributed by atoms with van der Waals surface area (Å²) in [6.07, 6.45) is 7.81. The minimum Gasteiger partial charge on any atom is -0.352 e. The molecule has 0 radical (unpaired) electrons. The van der Waals surface area contributed by atoms with Crippen LogP contribution in [0.3, 0.4) is 0 Å². The standard InChI is InChI=1S/C26H28ClN3O2/c27-19-10-12-20(13-11-19)30-17-23(21-7-1-2-8-22(21)26(30)32)25(31)28-16-18-6-5-15-29-14-4-3-9-24(18)29/h1-2,7-8,10-13,17-18,24H,3-6,9,14-16H2,(H,28,31)/t18-,24-/m1/s1. The zero-order valence-corrected chi connectivity index (χ0v) is 18.9. The summed E-state index contributed by atoms with van der Waals surface area (Å²) < 4.78 is 1.54. The lowest BCUT2D eigenvalue weighted by Gasteiger charge is -2.44. The lowest BCUT2D eigenvalue weighted by atomic mass is 9.83. The molecule has 32 heavy (non-hydrogen) atoms. The van der Waals surface area contributed by atoms with E-state index in [-0.39, 0.29) is 11.5 Å². The fourth-order valence-electron chi connectivity index (χ4n) is 5.40. The van der Waals surface area contributed by atoms with Gasteiger partial charge in [-0.15, -0.1) is 0 Å². The molecule has 3 heterocycles. The number of fused-ring (bicyclic) bond motifs is 2. The van der Waals surface area contributed by atoms with Gasteiger partial charge in [-0.2, -0.15) is 0 Å². The summed E-state index contributed by atoms with van der Waals surface area (Å²) in [6, 6.07) is 15.0. The van der Waals surface area contributed by atoms with Crippen molar-refractivity contribution in [1.82, 2.24) is 14.8 Å². The molecule has 0 bridgehead atoms. The van der Waals surface area contributed by atoms with Crippen molar-refractivity contribution >= 4 is 28.3 Å². The van der Waals surface area contributed by atoms with Gasteiger partial charge in [0.15, 0.2) is 0 Å². The summed E-state index contributed by atoms with van der Waals surface area (Å²) in [7, 11) is 0. The number of nitrogens with zero attached hydrogens (tertiary/aromatic N) is 2. The molecule has 0 unspecified atom stereocenters. The SMILES string of the molecule is O=C(NC[C@H]1CCCN2CCCC[C@H]12)c1cn(-c2ccc(Cl)cc2)c(=O)c2ccccc12. The van der Waals surface area contributed by atoms with Crippen LogP contribution in [-0.4, -0.2) is 41.1 Å². The topological polar surface area (TPSA) is 54.3 Å². The third-order valence-corrected chi connectivity index (χ3v) is 7.28. The molecule has 5 nitrogen and oxygen atoms in total. The van der Waals surface area contributed by atoms with Gasteiger partial charge in [0.1, 0.15) is 0 Å². The Labute approximate surface area is 193 Å². The number of piperidine rings is 2. The molecular weight excluding hydrogens is 422 g/mol. The number of amides is 1. The number of halogens is 1. The van der Waals surface area contributed by atoms with Gasteiger partial charge in [-0.05, 0) is 75.0 Å². The normalized spacial score (nSPS) is 21.3. The molecule has 2 aliphatic rings. The quantitative estimate of drug-likeness (QED) is 0.631. The van der Waals surface area contributed by atoms with Gasteiger partial charge in [-0.1, -0.05) is 36.2 Å². The van der Waals surface area contributed by atoms with Crippen LogP contribution in [-0.2, 0) is 0 Å². The van der Waals surface area contributed by atoms with Crippen LogP contribution in [0, 0.1) is 5.92 Å². The largest absolute Gasteiger partial charge is 0.352 e. The predicted octanol–water partition coefficient (Wildman–Crippen LogP) is 4.64. The van der Waals surface area contributed by atoms with Gasteiger partial charge < -0.3 is 10.2 Å². The Morgan fingerprint density at radius 2 is 1.72 bits per heavy atom. The van der Waals surface area contributed by atoms with E-state index in [1.807, 2.05) is 18.2 Å². The molecular formula is C26H28ClN3O2. The maximum atomic E-state index is 13.3. The minimum atomic E-state index is -0.149. The minimum absolute atomic E-state index is 0.128. The third kappa shape index (κ3) is 4.07. The summed E-state index contributed by atoms with van der Waals surface area (Å²) >= 11 is 6.02. The van der Waals surface area contributed by atoms with Gasteiger partial charge in [-0.3, -0.25) is 14.2 Å². The Bertz CT molecular complexity index is 1190. The van der Waals surface area contributed by atoms with E-state index in [1.54, 1.807) is 36.5 Å². The number of carbonyl (C=O) groups is 1. The Hall–Kier alpha value is -2.63. The lowest BCUT2D eigenvalue weighted by Crippen LogP contribution is -2.51. The number of rotatable bonds is 4. The molecule has 6 heteroatoms. The zero-order valence-electron chi connectivity index (χ0n) is 18.1. The average Bonchev–Trinajstić information content (AvgIpc) is 2.83. The monoisotopic (exact) mass is 449 g/mol.